The average molecular weight is 433 g/mol. The molecule has 0 bridgehead atoms. The number of alkyl halides is 3. The minimum Gasteiger partial charge on any atom is -0.463 e. The van der Waals surface area contributed by atoms with Gasteiger partial charge >= 0.3 is 22.7 Å². The minimum atomic E-state index is -3.57. The molecule has 1 aliphatic rings. The van der Waals surface area contributed by atoms with E-state index in [1.165, 1.54) is 0 Å². The Bertz CT molecular complexity index is 510. The van der Waals surface area contributed by atoms with Gasteiger partial charge in [0.05, 0.1) is 0 Å². The average Bonchev–Trinajstić information content (AvgIpc) is 2.44. The van der Waals surface area contributed by atoms with Crippen molar-refractivity contribution in [2.45, 2.75) is 50.2 Å². The number of carbonyl (C=O) groups is 3. The second-order valence-electron chi connectivity index (χ2n) is 5.30. The van der Waals surface area contributed by atoms with Gasteiger partial charge < -0.3 is 23.7 Å². The number of hydrogen-bond donors (Lipinski definition) is 0. The molecule has 1 heterocycles. The van der Waals surface area contributed by atoms with Gasteiger partial charge in [0.1, 0.15) is 18.6 Å². The van der Waals surface area contributed by atoms with E-state index in [9.17, 15) is 23.2 Å². The van der Waals surface area contributed by atoms with Gasteiger partial charge in [-0.2, -0.15) is 8.78 Å². The van der Waals surface area contributed by atoms with Crippen molar-refractivity contribution in [2.24, 2.45) is 5.92 Å². The highest BCUT2D eigenvalue weighted by atomic mass is 79.9. The van der Waals surface area contributed by atoms with E-state index in [1.807, 2.05) is 0 Å². The maximum absolute atomic E-state index is 14.0. The highest BCUT2D eigenvalue weighted by molar-refractivity contribution is 9.10. The maximum Gasteiger partial charge on any atom is 0.312 e. The fraction of sp³-hybridized carbons (Fsp3) is 0.786. The third-order valence-corrected chi connectivity index (χ3v) is 3.84. The Kier molecular flexibility index (Phi) is 7.69. The van der Waals surface area contributed by atoms with Gasteiger partial charge in [-0.1, -0.05) is 0 Å². The van der Waals surface area contributed by atoms with Gasteiger partial charge in [-0.25, -0.2) is 0 Å². The zero-order chi connectivity index (χ0) is 19.4. The standard InChI is InChI=1S/C14H19BrF2O8/c1-6(18)22-5-9-11(23-7(2)19)12(24-8(3)20)10(14(15,16)17)13(21-4)25-9/h9-13H,5H2,1-4H3/t9-,10-,11-,12-,13-/m1/s1. The highest BCUT2D eigenvalue weighted by Gasteiger charge is 2.59. The number of halogens is 3. The first kappa shape index (κ1) is 21.7. The lowest BCUT2D eigenvalue weighted by molar-refractivity contribution is -0.305. The van der Waals surface area contributed by atoms with Gasteiger partial charge in [0, 0.05) is 27.9 Å². The summed E-state index contributed by atoms with van der Waals surface area (Å²) in [5.74, 6) is -4.16. The van der Waals surface area contributed by atoms with Crippen molar-refractivity contribution in [3.05, 3.63) is 0 Å². The maximum atomic E-state index is 14.0. The van der Waals surface area contributed by atoms with Crippen molar-refractivity contribution in [3.63, 3.8) is 0 Å². The van der Waals surface area contributed by atoms with Gasteiger partial charge in [0.2, 0.25) is 0 Å². The van der Waals surface area contributed by atoms with E-state index in [-0.39, 0.29) is 0 Å². The van der Waals surface area contributed by atoms with E-state index in [4.69, 9.17) is 23.7 Å². The Morgan fingerprint density at radius 1 is 1.04 bits per heavy atom. The summed E-state index contributed by atoms with van der Waals surface area (Å²) in [5, 5.41) is 0. The minimum absolute atomic E-state index is 0.411. The molecule has 144 valence electrons. The van der Waals surface area contributed by atoms with Crippen LogP contribution in [0.2, 0.25) is 0 Å². The van der Waals surface area contributed by atoms with Gasteiger partial charge in [-0.05, 0) is 15.9 Å². The fourth-order valence-electron chi connectivity index (χ4n) is 2.45. The molecule has 1 saturated heterocycles. The van der Waals surface area contributed by atoms with Crippen LogP contribution in [0.5, 0.6) is 0 Å². The lowest BCUT2D eigenvalue weighted by Crippen LogP contribution is -2.62. The summed E-state index contributed by atoms with van der Waals surface area (Å²) in [6.45, 7) is 2.80. The third kappa shape index (κ3) is 6.15. The molecule has 0 aliphatic carbocycles. The summed E-state index contributed by atoms with van der Waals surface area (Å²) >= 11 is 2.22. The Labute approximate surface area is 151 Å². The molecule has 0 N–H and O–H groups in total. The van der Waals surface area contributed by atoms with E-state index >= 15 is 0 Å². The molecular weight excluding hydrogens is 414 g/mol. The second kappa shape index (κ2) is 8.86. The first-order chi connectivity index (χ1) is 11.5. The molecule has 0 aromatic carbocycles. The fourth-order valence-corrected chi connectivity index (χ4v) is 2.92. The lowest BCUT2D eigenvalue weighted by Gasteiger charge is -2.45. The molecule has 0 aromatic rings. The predicted molar refractivity (Wildman–Crippen MR) is 80.8 cm³/mol. The van der Waals surface area contributed by atoms with Crippen LogP contribution in [0.1, 0.15) is 20.8 Å². The first-order valence-electron chi connectivity index (χ1n) is 7.20. The third-order valence-electron chi connectivity index (χ3n) is 3.31. The van der Waals surface area contributed by atoms with Crippen molar-refractivity contribution in [2.75, 3.05) is 13.7 Å². The lowest BCUT2D eigenvalue weighted by atomic mass is 9.90. The molecule has 0 radical (unpaired) electrons. The predicted octanol–water partition coefficient (Wildman–Crippen LogP) is 1.39. The summed E-state index contributed by atoms with van der Waals surface area (Å²) < 4.78 is 53.2. The van der Waals surface area contributed by atoms with Crippen LogP contribution in [-0.4, -0.2) is 61.1 Å². The number of methoxy groups -OCH3 is 1. The summed E-state index contributed by atoms with van der Waals surface area (Å²) in [7, 11) is 1.12. The van der Waals surface area contributed by atoms with Crippen LogP contribution in [0.3, 0.4) is 0 Å². The van der Waals surface area contributed by atoms with E-state index < -0.39 is 59.9 Å². The molecule has 25 heavy (non-hydrogen) atoms. The Morgan fingerprint density at radius 2 is 1.56 bits per heavy atom. The number of hydrogen-bond acceptors (Lipinski definition) is 8. The first-order valence-corrected chi connectivity index (χ1v) is 7.99. The zero-order valence-corrected chi connectivity index (χ0v) is 15.6. The van der Waals surface area contributed by atoms with Crippen LogP contribution in [0.25, 0.3) is 0 Å². The molecule has 5 atom stereocenters. The van der Waals surface area contributed by atoms with E-state index in [1.54, 1.807) is 0 Å². The summed E-state index contributed by atoms with van der Waals surface area (Å²) in [5.41, 5.74) is 0. The van der Waals surface area contributed by atoms with Crippen LogP contribution < -0.4 is 0 Å². The second-order valence-corrected chi connectivity index (χ2v) is 6.35. The number of esters is 3. The number of rotatable bonds is 6. The molecular formula is C14H19BrF2O8. The SMILES string of the molecule is CO[C@@H]1O[C@H](COC(C)=O)[C@@H](OC(C)=O)[C@H](OC(C)=O)[C@H]1C(F)(F)Br. The van der Waals surface area contributed by atoms with Crippen molar-refractivity contribution in [1.29, 1.82) is 0 Å². The van der Waals surface area contributed by atoms with Crippen molar-refractivity contribution < 1.29 is 46.8 Å². The van der Waals surface area contributed by atoms with Crippen LogP contribution in [0.15, 0.2) is 0 Å². The van der Waals surface area contributed by atoms with Crippen molar-refractivity contribution >= 4 is 33.8 Å². The van der Waals surface area contributed by atoms with Crippen LogP contribution in [0, 0.1) is 5.92 Å². The molecule has 0 aromatic heterocycles. The quantitative estimate of drug-likeness (QED) is 0.352. The van der Waals surface area contributed by atoms with Gasteiger partial charge in [0.15, 0.2) is 18.5 Å². The molecule has 11 heteroatoms. The van der Waals surface area contributed by atoms with Gasteiger partial charge in [-0.15, -0.1) is 0 Å². The Morgan fingerprint density at radius 3 is 1.96 bits per heavy atom. The van der Waals surface area contributed by atoms with E-state index in [0.717, 1.165) is 27.9 Å². The summed E-state index contributed by atoms with van der Waals surface area (Å²) in [6.07, 6.45) is -5.73. The molecule has 0 spiro atoms. The molecule has 0 unspecified atom stereocenters. The van der Waals surface area contributed by atoms with Crippen molar-refractivity contribution in [3.8, 4) is 0 Å². The molecule has 0 amide bonds. The molecule has 1 fully saturated rings. The van der Waals surface area contributed by atoms with Gasteiger partial charge in [-0.3, -0.25) is 14.4 Å². The molecule has 8 nitrogen and oxygen atoms in total. The molecule has 1 aliphatic heterocycles. The number of carbonyl (C=O) groups excluding carboxylic acids is 3. The topological polar surface area (TPSA) is 97.4 Å². The molecule has 0 saturated carbocycles. The highest BCUT2D eigenvalue weighted by Crippen LogP contribution is 2.43. The molecule has 1 rings (SSSR count). The summed E-state index contributed by atoms with van der Waals surface area (Å²) in [4.78, 5) is 30.2. The number of ether oxygens (including phenoxy) is 5. The zero-order valence-electron chi connectivity index (χ0n) is 14.0. The van der Waals surface area contributed by atoms with Gasteiger partial charge in [0.25, 0.3) is 0 Å². The smallest absolute Gasteiger partial charge is 0.312 e. The van der Waals surface area contributed by atoms with Crippen molar-refractivity contribution in [1.82, 2.24) is 0 Å². The van der Waals surface area contributed by atoms with E-state index in [0.29, 0.717) is 0 Å². The van der Waals surface area contributed by atoms with Crippen LogP contribution in [-0.2, 0) is 38.1 Å². The Balaban J connectivity index is 3.26. The van der Waals surface area contributed by atoms with Crippen LogP contribution in [0.4, 0.5) is 8.78 Å². The monoisotopic (exact) mass is 432 g/mol. The summed E-state index contributed by atoms with van der Waals surface area (Å²) in [6, 6.07) is 0. The normalized spacial score (nSPS) is 29.6. The van der Waals surface area contributed by atoms with Crippen LogP contribution >= 0.6 is 15.9 Å². The largest absolute Gasteiger partial charge is 0.463 e. The van der Waals surface area contributed by atoms with E-state index in [2.05, 4.69) is 15.9 Å². The Hall–Kier alpha value is -1.33.